The Labute approximate surface area is 106 Å². The van der Waals surface area contributed by atoms with E-state index in [1.54, 1.807) is 0 Å². The minimum absolute atomic E-state index is 0.934. The highest BCUT2D eigenvalue weighted by Gasteiger charge is 2.03. The largest absolute Gasteiger partial charge is 0.257 e. The van der Waals surface area contributed by atoms with Crippen molar-refractivity contribution in [3.05, 3.63) is 60.0 Å². The van der Waals surface area contributed by atoms with E-state index in [0.29, 0.717) is 0 Å². The molecular formula is C16H14N2. The summed E-state index contributed by atoms with van der Waals surface area (Å²) in [6.07, 6.45) is 1.84. The molecule has 0 aliphatic rings. The summed E-state index contributed by atoms with van der Waals surface area (Å²) < 4.78 is 0. The van der Waals surface area contributed by atoms with E-state index < -0.39 is 0 Å². The number of nitrogens with zero attached hydrogens (tertiary/aromatic N) is 2. The van der Waals surface area contributed by atoms with Crippen molar-refractivity contribution in [2.24, 2.45) is 0 Å². The predicted octanol–water partition coefficient (Wildman–Crippen LogP) is 3.91. The minimum Gasteiger partial charge on any atom is -0.257 e. The van der Waals surface area contributed by atoms with Crippen LogP contribution in [-0.2, 0) is 0 Å². The molecule has 2 nitrogen and oxygen atoms in total. The first-order valence-corrected chi connectivity index (χ1v) is 6.03. The van der Waals surface area contributed by atoms with Crippen molar-refractivity contribution < 1.29 is 0 Å². The Bertz CT molecular complexity index is 717. The number of hydrogen-bond acceptors (Lipinski definition) is 2. The first-order valence-electron chi connectivity index (χ1n) is 6.03. The average Bonchev–Trinajstić information content (AvgIpc) is 2.41. The maximum Gasteiger partial charge on any atom is 0.0888 e. The molecule has 3 aromatic rings. The van der Waals surface area contributed by atoms with Crippen LogP contribution >= 0.6 is 0 Å². The summed E-state index contributed by atoms with van der Waals surface area (Å²) in [5, 5.41) is 2.48. The van der Waals surface area contributed by atoms with E-state index in [1.807, 2.05) is 20.0 Å². The van der Waals surface area contributed by atoms with E-state index in [-0.39, 0.29) is 0 Å². The van der Waals surface area contributed by atoms with Gasteiger partial charge in [-0.05, 0) is 30.7 Å². The minimum atomic E-state index is 0.934. The van der Waals surface area contributed by atoms with Crippen molar-refractivity contribution >= 4 is 10.8 Å². The molecule has 1 aromatic heterocycles. The SMILES string of the molecule is Cc1ncc(-c2ccc3ccccc3c2)nc1C. The van der Waals surface area contributed by atoms with Gasteiger partial charge >= 0.3 is 0 Å². The van der Waals surface area contributed by atoms with Crippen molar-refractivity contribution in [1.29, 1.82) is 0 Å². The third kappa shape index (κ3) is 1.86. The van der Waals surface area contributed by atoms with Crippen molar-refractivity contribution in [3.63, 3.8) is 0 Å². The molecule has 0 aliphatic carbocycles. The number of hydrogen-bond donors (Lipinski definition) is 0. The molecular weight excluding hydrogens is 220 g/mol. The van der Waals surface area contributed by atoms with Crippen LogP contribution in [0.4, 0.5) is 0 Å². The Balaban J connectivity index is 2.16. The maximum atomic E-state index is 4.59. The Morgan fingerprint density at radius 1 is 0.833 bits per heavy atom. The third-order valence-electron chi connectivity index (χ3n) is 3.24. The van der Waals surface area contributed by atoms with Gasteiger partial charge in [-0.3, -0.25) is 4.98 Å². The molecule has 0 saturated heterocycles. The predicted molar refractivity (Wildman–Crippen MR) is 74.4 cm³/mol. The molecule has 18 heavy (non-hydrogen) atoms. The summed E-state index contributed by atoms with van der Waals surface area (Å²) in [5.41, 5.74) is 4.02. The summed E-state index contributed by atoms with van der Waals surface area (Å²) >= 11 is 0. The van der Waals surface area contributed by atoms with Gasteiger partial charge in [0.15, 0.2) is 0 Å². The van der Waals surface area contributed by atoms with Gasteiger partial charge in [-0.1, -0.05) is 36.4 Å². The summed E-state index contributed by atoms with van der Waals surface area (Å²) in [5.74, 6) is 0. The molecule has 0 unspecified atom stereocenters. The van der Waals surface area contributed by atoms with E-state index in [4.69, 9.17) is 0 Å². The quantitative estimate of drug-likeness (QED) is 0.638. The van der Waals surface area contributed by atoms with Crippen LogP contribution in [0.25, 0.3) is 22.0 Å². The van der Waals surface area contributed by atoms with Gasteiger partial charge in [-0.15, -0.1) is 0 Å². The smallest absolute Gasteiger partial charge is 0.0888 e. The highest BCUT2D eigenvalue weighted by atomic mass is 14.8. The normalized spacial score (nSPS) is 10.8. The van der Waals surface area contributed by atoms with Crippen LogP contribution in [0, 0.1) is 13.8 Å². The highest BCUT2D eigenvalue weighted by Crippen LogP contribution is 2.23. The van der Waals surface area contributed by atoms with E-state index >= 15 is 0 Å². The van der Waals surface area contributed by atoms with Gasteiger partial charge < -0.3 is 0 Å². The number of aryl methyl sites for hydroxylation is 2. The molecule has 0 aliphatic heterocycles. The molecule has 3 rings (SSSR count). The Morgan fingerprint density at radius 3 is 2.39 bits per heavy atom. The number of rotatable bonds is 1. The van der Waals surface area contributed by atoms with Crippen molar-refractivity contribution in [2.45, 2.75) is 13.8 Å². The molecule has 2 aromatic carbocycles. The molecule has 0 fully saturated rings. The van der Waals surface area contributed by atoms with Crippen LogP contribution in [0.3, 0.4) is 0 Å². The molecule has 1 heterocycles. The first-order chi connectivity index (χ1) is 8.74. The molecule has 0 saturated carbocycles. The first kappa shape index (κ1) is 10.9. The van der Waals surface area contributed by atoms with Crippen LogP contribution in [0.2, 0.25) is 0 Å². The van der Waals surface area contributed by atoms with Gasteiger partial charge in [-0.25, -0.2) is 4.98 Å². The monoisotopic (exact) mass is 234 g/mol. The summed E-state index contributed by atoms with van der Waals surface area (Å²) in [6.45, 7) is 3.97. The molecule has 0 spiro atoms. The number of fused-ring (bicyclic) bond motifs is 1. The average molecular weight is 234 g/mol. The van der Waals surface area contributed by atoms with Gasteiger partial charge in [0.25, 0.3) is 0 Å². The third-order valence-corrected chi connectivity index (χ3v) is 3.24. The summed E-state index contributed by atoms with van der Waals surface area (Å²) in [7, 11) is 0. The van der Waals surface area contributed by atoms with Crippen molar-refractivity contribution in [1.82, 2.24) is 9.97 Å². The molecule has 0 amide bonds. The molecule has 88 valence electrons. The van der Waals surface area contributed by atoms with Gasteiger partial charge in [-0.2, -0.15) is 0 Å². The topological polar surface area (TPSA) is 25.8 Å². The van der Waals surface area contributed by atoms with Crippen LogP contribution in [0.5, 0.6) is 0 Å². The van der Waals surface area contributed by atoms with E-state index in [2.05, 4.69) is 52.4 Å². The second kappa shape index (κ2) is 4.22. The molecule has 0 N–H and O–H groups in total. The van der Waals surface area contributed by atoms with Gasteiger partial charge in [0.2, 0.25) is 0 Å². The second-order valence-corrected chi connectivity index (χ2v) is 4.49. The van der Waals surface area contributed by atoms with E-state index in [0.717, 1.165) is 22.6 Å². The standard InChI is InChI=1S/C16H14N2/c1-11-12(2)18-16(10-17-11)15-8-7-13-5-3-4-6-14(13)9-15/h3-10H,1-2H3. The summed E-state index contributed by atoms with van der Waals surface area (Å²) in [4.78, 5) is 8.96. The second-order valence-electron chi connectivity index (χ2n) is 4.49. The lowest BCUT2D eigenvalue weighted by atomic mass is 10.1. The molecule has 0 atom stereocenters. The van der Waals surface area contributed by atoms with Gasteiger partial charge in [0, 0.05) is 5.56 Å². The Morgan fingerprint density at radius 2 is 1.61 bits per heavy atom. The van der Waals surface area contributed by atoms with Crippen LogP contribution in [0.1, 0.15) is 11.4 Å². The maximum absolute atomic E-state index is 4.59. The fourth-order valence-electron chi connectivity index (χ4n) is 2.03. The van der Waals surface area contributed by atoms with Crippen LogP contribution < -0.4 is 0 Å². The lowest BCUT2D eigenvalue weighted by Gasteiger charge is -2.05. The van der Waals surface area contributed by atoms with E-state index in [9.17, 15) is 0 Å². The highest BCUT2D eigenvalue weighted by molar-refractivity contribution is 5.86. The Kier molecular flexibility index (Phi) is 2.56. The lowest BCUT2D eigenvalue weighted by molar-refractivity contribution is 1.05. The van der Waals surface area contributed by atoms with E-state index in [1.165, 1.54) is 10.8 Å². The lowest BCUT2D eigenvalue weighted by Crippen LogP contribution is -1.93. The van der Waals surface area contributed by atoms with Crippen molar-refractivity contribution in [3.8, 4) is 11.3 Å². The summed E-state index contributed by atoms with van der Waals surface area (Å²) in [6, 6.07) is 14.7. The van der Waals surface area contributed by atoms with Crippen LogP contribution in [0.15, 0.2) is 48.7 Å². The molecule has 0 bridgehead atoms. The zero-order valence-corrected chi connectivity index (χ0v) is 10.5. The van der Waals surface area contributed by atoms with Gasteiger partial charge in [0.05, 0.1) is 23.3 Å². The molecule has 2 heteroatoms. The Hall–Kier alpha value is -2.22. The van der Waals surface area contributed by atoms with Gasteiger partial charge in [0.1, 0.15) is 0 Å². The fraction of sp³-hybridized carbons (Fsp3) is 0.125. The number of aromatic nitrogens is 2. The molecule has 0 radical (unpaired) electrons. The van der Waals surface area contributed by atoms with Crippen LogP contribution in [-0.4, -0.2) is 9.97 Å². The number of benzene rings is 2. The zero-order chi connectivity index (χ0) is 12.5. The zero-order valence-electron chi connectivity index (χ0n) is 10.5. The van der Waals surface area contributed by atoms with Crippen molar-refractivity contribution in [2.75, 3.05) is 0 Å². The fourth-order valence-corrected chi connectivity index (χ4v) is 2.03.